The number of methoxy groups -OCH3 is 1. The highest BCUT2D eigenvalue weighted by Crippen LogP contribution is 2.15. The van der Waals surface area contributed by atoms with Crippen LogP contribution >= 0.6 is 0 Å². The van der Waals surface area contributed by atoms with Crippen molar-refractivity contribution in [2.75, 3.05) is 13.7 Å². The minimum absolute atomic E-state index is 0.0714. The molecule has 0 aliphatic rings. The van der Waals surface area contributed by atoms with E-state index in [-0.39, 0.29) is 5.92 Å². The van der Waals surface area contributed by atoms with Gasteiger partial charge in [-0.2, -0.15) is 5.26 Å². The van der Waals surface area contributed by atoms with Crippen LogP contribution in [0.5, 0.6) is 0 Å². The lowest BCUT2D eigenvalue weighted by molar-refractivity contribution is -0.125. The molecule has 0 aliphatic heterocycles. The third-order valence-electron chi connectivity index (χ3n) is 3.59. The highest BCUT2D eigenvalue weighted by atomic mass is 16.5. The summed E-state index contributed by atoms with van der Waals surface area (Å²) >= 11 is 0. The predicted octanol–water partition coefficient (Wildman–Crippen LogP) is 2.04. The first-order chi connectivity index (χ1) is 10.8. The zero-order valence-corrected chi connectivity index (χ0v) is 13.9. The molecule has 0 fully saturated rings. The third-order valence-corrected chi connectivity index (χ3v) is 3.59. The van der Waals surface area contributed by atoms with E-state index in [0.717, 1.165) is 5.56 Å². The number of nitrogens with zero attached hydrogens (tertiary/aromatic N) is 1. The molecule has 0 radical (unpaired) electrons. The number of rotatable bonds is 7. The van der Waals surface area contributed by atoms with Gasteiger partial charge in [-0.25, -0.2) is 4.79 Å². The van der Waals surface area contributed by atoms with Crippen molar-refractivity contribution in [3.63, 3.8) is 0 Å². The summed E-state index contributed by atoms with van der Waals surface area (Å²) in [6.07, 6.45) is 0. The van der Waals surface area contributed by atoms with E-state index in [0.29, 0.717) is 12.2 Å². The average molecular weight is 318 g/mol. The number of nitriles is 1. The van der Waals surface area contributed by atoms with Gasteiger partial charge in [0.2, 0.25) is 0 Å². The fraction of sp³-hybridized carbons (Fsp3) is 0.471. The molecule has 0 aromatic heterocycles. The lowest BCUT2D eigenvalue weighted by Gasteiger charge is -2.27. The number of nitrogens with one attached hydrogen (secondary N) is 1. The second-order valence-corrected chi connectivity index (χ2v) is 5.73. The molecule has 0 saturated carbocycles. The standard InChI is InChI=1S/C17H22N2O4/c1-12(2)17(3,11-18)19-15(20)10-23-16(21)14-7-5-6-13(8-14)9-22-4/h5-8,12H,9-10H2,1-4H3,(H,19,20)/t17-/m1/s1. The van der Waals surface area contributed by atoms with Crippen LogP contribution in [0.15, 0.2) is 24.3 Å². The number of ether oxygens (including phenoxy) is 2. The molecule has 124 valence electrons. The van der Waals surface area contributed by atoms with Gasteiger partial charge >= 0.3 is 5.97 Å². The van der Waals surface area contributed by atoms with E-state index in [1.54, 1.807) is 32.2 Å². The lowest BCUT2D eigenvalue weighted by Crippen LogP contribution is -2.50. The van der Waals surface area contributed by atoms with Crippen molar-refractivity contribution >= 4 is 11.9 Å². The van der Waals surface area contributed by atoms with E-state index in [1.807, 2.05) is 19.9 Å². The van der Waals surface area contributed by atoms with Gasteiger partial charge in [0.25, 0.3) is 5.91 Å². The van der Waals surface area contributed by atoms with Crippen molar-refractivity contribution in [2.45, 2.75) is 32.9 Å². The summed E-state index contributed by atoms with van der Waals surface area (Å²) in [5.41, 5.74) is 0.185. The van der Waals surface area contributed by atoms with Gasteiger partial charge in [-0.3, -0.25) is 4.79 Å². The Morgan fingerprint density at radius 1 is 1.39 bits per heavy atom. The van der Waals surface area contributed by atoms with Crippen molar-refractivity contribution < 1.29 is 19.1 Å². The number of hydrogen-bond acceptors (Lipinski definition) is 5. The topological polar surface area (TPSA) is 88.4 Å². The van der Waals surface area contributed by atoms with Crippen LogP contribution in [0.2, 0.25) is 0 Å². The Balaban J connectivity index is 2.61. The van der Waals surface area contributed by atoms with Crippen LogP contribution < -0.4 is 5.32 Å². The Kier molecular flexibility index (Phi) is 6.73. The van der Waals surface area contributed by atoms with Crippen molar-refractivity contribution in [1.29, 1.82) is 5.26 Å². The summed E-state index contributed by atoms with van der Waals surface area (Å²) in [5.74, 6) is -1.18. The molecule has 6 nitrogen and oxygen atoms in total. The van der Waals surface area contributed by atoms with Crippen LogP contribution in [0.3, 0.4) is 0 Å². The van der Waals surface area contributed by atoms with Crippen LogP contribution in [-0.2, 0) is 20.9 Å². The molecule has 1 rings (SSSR count). The number of carbonyl (C=O) groups excluding carboxylic acids is 2. The van der Waals surface area contributed by atoms with Gasteiger partial charge in [0, 0.05) is 7.11 Å². The van der Waals surface area contributed by atoms with Gasteiger partial charge in [0.15, 0.2) is 6.61 Å². The molecule has 23 heavy (non-hydrogen) atoms. The molecular weight excluding hydrogens is 296 g/mol. The Bertz CT molecular complexity index is 607. The minimum atomic E-state index is -0.998. The first-order valence-corrected chi connectivity index (χ1v) is 7.29. The van der Waals surface area contributed by atoms with Gasteiger partial charge < -0.3 is 14.8 Å². The molecule has 1 aromatic rings. The van der Waals surface area contributed by atoms with E-state index in [1.165, 1.54) is 0 Å². The molecule has 1 atom stereocenters. The second kappa shape index (κ2) is 8.30. The maximum Gasteiger partial charge on any atom is 0.338 e. The van der Waals surface area contributed by atoms with E-state index in [4.69, 9.17) is 14.7 Å². The largest absolute Gasteiger partial charge is 0.452 e. The fourth-order valence-corrected chi connectivity index (χ4v) is 1.80. The van der Waals surface area contributed by atoms with Crippen LogP contribution in [-0.4, -0.2) is 31.1 Å². The number of amides is 1. The summed E-state index contributed by atoms with van der Waals surface area (Å²) in [4.78, 5) is 23.8. The quantitative estimate of drug-likeness (QED) is 0.777. The van der Waals surface area contributed by atoms with Crippen LogP contribution in [0, 0.1) is 17.2 Å². The number of carbonyl (C=O) groups is 2. The lowest BCUT2D eigenvalue weighted by atomic mass is 9.90. The molecule has 1 aromatic carbocycles. The second-order valence-electron chi connectivity index (χ2n) is 5.73. The first-order valence-electron chi connectivity index (χ1n) is 7.29. The third kappa shape index (κ3) is 5.38. The Labute approximate surface area is 136 Å². The normalized spacial score (nSPS) is 13.0. The zero-order valence-electron chi connectivity index (χ0n) is 13.9. The average Bonchev–Trinajstić information content (AvgIpc) is 2.52. The fourth-order valence-electron chi connectivity index (χ4n) is 1.80. The smallest absolute Gasteiger partial charge is 0.338 e. The van der Waals surface area contributed by atoms with Gasteiger partial charge in [-0.05, 0) is 30.5 Å². The highest BCUT2D eigenvalue weighted by molar-refractivity contribution is 5.91. The van der Waals surface area contributed by atoms with Gasteiger partial charge in [0.1, 0.15) is 5.54 Å². The molecular formula is C17H22N2O4. The molecule has 0 unspecified atom stereocenters. The monoisotopic (exact) mass is 318 g/mol. The van der Waals surface area contributed by atoms with Crippen molar-refractivity contribution in [2.24, 2.45) is 5.92 Å². The maximum absolute atomic E-state index is 12.0. The Morgan fingerprint density at radius 3 is 2.65 bits per heavy atom. The SMILES string of the molecule is COCc1cccc(C(=O)OCC(=O)N[C@](C)(C#N)C(C)C)c1. The summed E-state index contributed by atoms with van der Waals surface area (Å²) in [6, 6.07) is 8.86. The van der Waals surface area contributed by atoms with Gasteiger partial charge in [0.05, 0.1) is 18.2 Å². The summed E-state index contributed by atoms with van der Waals surface area (Å²) in [7, 11) is 1.57. The molecule has 0 aliphatic carbocycles. The first kappa shape index (κ1) is 18.7. The highest BCUT2D eigenvalue weighted by Gasteiger charge is 2.30. The minimum Gasteiger partial charge on any atom is -0.452 e. The van der Waals surface area contributed by atoms with Crippen LogP contribution in [0.1, 0.15) is 36.7 Å². The number of benzene rings is 1. The van der Waals surface area contributed by atoms with E-state index in [2.05, 4.69) is 11.4 Å². The molecule has 0 heterocycles. The van der Waals surface area contributed by atoms with Crippen LogP contribution in [0.4, 0.5) is 0 Å². The molecule has 1 amide bonds. The van der Waals surface area contributed by atoms with Crippen molar-refractivity contribution in [3.05, 3.63) is 35.4 Å². The van der Waals surface area contributed by atoms with Gasteiger partial charge in [-0.15, -0.1) is 0 Å². The maximum atomic E-state index is 12.0. The Hall–Kier alpha value is -2.39. The summed E-state index contributed by atoms with van der Waals surface area (Å²) in [6.45, 7) is 5.24. The summed E-state index contributed by atoms with van der Waals surface area (Å²) in [5, 5.41) is 11.7. The molecule has 0 saturated heterocycles. The van der Waals surface area contributed by atoms with Crippen molar-refractivity contribution in [3.8, 4) is 6.07 Å². The van der Waals surface area contributed by atoms with E-state index in [9.17, 15) is 9.59 Å². The molecule has 6 heteroatoms. The molecule has 1 N–H and O–H groups in total. The van der Waals surface area contributed by atoms with E-state index < -0.39 is 24.0 Å². The molecule has 0 bridgehead atoms. The number of esters is 1. The molecule has 0 spiro atoms. The number of hydrogen-bond donors (Lipinski definition) is 1. The zero-order chi connectivity index (χ0) is 17.5. The van der Waals surface area contributed by atoms with Crippen LogP contribution in [0.25, 0.3) is 0 Å². The predicted molar refractivity (Wildman–Crippen MR) is 84.4 cm³/mol. The van der Waals surface area contributed by atoms with Gasteiger partial charge in [-0.1, -0.05) is 26.0 Å². The Morgan fingerprint density at radius 2 is 2.09 bits per heavy atom. The van der Waals surface area contributed by atoms with E-state index >= 15 is 0 Å². The van der Waals surface area contributed by atoms with Crippen molar-refractivity contribution in [1.82, 2.24) is 5.32 Å². The summed E-state index contributed by atoms with van der Waals surface area (Å²) < 4.78 is 10.00.